The largest absolute Gasteiger partial charge is 0.489 e. The maximum Gasteiger partial charge on any atom is 0.124 e. The highest BCUT2D eigenvalue weighted by atomic mass is 79.9. The molecule has 2 aromatic rings. The average molecular weight is 306 g/mol. The van der Waals surface area contributed by atoms with Crippen LogP contribution in [0, 0.1) is 0 Å². The lowest BCUT2D eigenvalue weighted by Gasteiger charge is -2.14. The molecule has 94 valence electrons. The first-order valence-corrected chi connectivity index (χ1v) is 6.68. The predicted octanol–water partition coefficient (Wildman–Crippen LogP) is 4.05. The molecule has 3 heteroatoms. The summed E-state index contributed by atoms with van der Waals surface area (Å²) in [4.78, 5) is 0. The third-order valence-electron chi connectivity index (χ3n) is 2.75. The van der Waals surface area contributed by atoms with Gasteiger partial charge in [0.2, 0.25) is 0 Å². The molecule has 2 rings (SSSR count). The van der Waals surface area contributed by atoms with E-state index in [0.717, 1.165) is 21.3 Å². The standard InChI is InChI=1S/C15H16BrNO/c1-11(17)13-7-3-5-9-15(13)18-10-12-6-2-4-8-14(12)16/h2-9,11H,10,17H2,1H3. The molecular weight excluding hydrogens is 290 g/mol. The van der Waals surface area contributed by atoms with Crippen LogP contribution in [-0.2, 0) is 6.61 Å². The quantitative estimate of drug-likeness (QED) is 0.925. The molecule has 0 aromatic heterocycles. The molecule has 0 heterocycles. The van der Waals surface area contributed by atoms with Crippen LogP contribution >= 0.6 is 15.9 Å². The second-order valence-corrected chi connectivity index (χ2v) is 5.06. The number of para-hydroxylation sites is 1. The molecule has 0 amide bonds. The van der Waals surface area contributed by atoms with Crippen LogP contribution in [0.15, 0.2) is 53.0 Å². The molecule has 18 heavy (non-hydrogen) atoms. The lowest BCUT2D eigenvalue weighted by atomic mass is 10.1. The minimum absolute atomic E-state index is 0.0274. The molecule has 0 bridgehead atoms. The molecule has 0 radical (unpaired) electrons. The van der Waals surface area contributed by atoms with E-state index in [2.05, 4.69) is 15.9 Å². The van der Waals surface area contributed by atoms with Crippen LogP contribution in [0.5, 0.6) is 5.75 Å². The zero-order valence-electron chi connectivity index (χ0n) is 10.3. The summed E-state index contributed by atoms with van der Waals surface area (Å²) in [5.41, 5.74) is 8.08. The highest BCUT2D eigenvalue weighted by molar-refractivity contribution is 9.10. The van der Waals surface area contributed by atoms with E-state index < -0.39 is 0 Å². The molecular formula is C15H16BrNO. The molecule has 1 unspecified atom stereocenters. The van der Waals surface area contributed by atoms with Gasteiger partial charge in [0.25, 0.3) is 0 Å². The van der Waals surface area contributed by atoms with Crippen LogP contribution in [0.3, 0.4) is 0 Å². The number of hydrogen-bond acceptors (Lipinski definition) is 2. The summed E-state index contributed by atoms with van der Waals surface area (Å²) in [6.45, 7) is 2.49. The molecule has 0 aliphatic carbocycles. The molecule has 0 aliphatic rings. The number of nitrogens with two attached hydrogens (primary N) is 1. The van der Waals surface area contributed by atoms with Crippen LogP contribution in [-0.4, -0.2) is 0 Å². The Morgan fingerprint density at radius 1 is 1.11 bits per heavy atom. The predicted molar refractivity (Wildman–Crippen MR) is 77.5 cm³/mol. The zero-order valence-corrected chi connectivity index (χ0v) is 11.9. The molecule has 0 aliphatic heterocycles. The van der Waals surface area contributed by atoms with Crippen molar-refractivity contribution in [3.8, 4) is 5.75 Å². The fourth-order valence-corrected chi connectivity index (χ4v) is 2.16. The smallest absolute Gasteiger partial charge is 0.124 e. The van der Waals surface area contributed by atoms with E-state index in [0.29, 0.717) is 6.61 Å². The Balaban J connectivity index is 2.14. The zero-order chi connectivity index (χ0) is 13.0. The number of benzene rings is 2. The van der Waals surface area contributed by atoms with Crippen molar-refractivity contribution in [2.75, 3.05) is 0 Å². The lowest BCUT2D eigenvalue weighted by molar-refractivity contribution is 0.301. The van der Waals surface area contributed by atoms with Crippen molar-refractivity contribution < 1.29 is 4.74 Å². The van der Waals surface area contributed by atoms with E-state index in [1.54, 1.807) is 0 Å². The maximum atomic E-state index is 5.92. The minimum atomic E-state index is -0.0274. The second kappa shape index (κ2) is 6.03. The van der Waals surface area contributed by atoms with Gasteiger partial charge in [-0.05, 0) is 19.1 Å². The lowest BCUT2D eigenvalue weighted by Crippen LogP contribution is -2.08. The van der Waals surface area contributed by atoms with Crippen molar-refractivity contribution in [2.45, 2.75) is 19.6 Å². The van der Waals surface area contributed by atoms with E-state index in [9.17, 15) is 0 Å². The van der Waals surface area contributed by atoms with Gasteiger partial charge in [-0.15, -0.1) is 0 Å². The second-order valence-electron chi connectivity index (χ2n) is 4.21. The summed E-state index contributed by atoms with van der Waals surface area (Å²) in [6.07, 6.45) is 0. The van der Waals surface area contributed by atoms with Crippen molar-refractivity contribution in [3.05, 3.63) is 64.1 Å². The fourth-order valence-electron chi connectivity index (χ4n) is 1.76. The van der Waals surface area contributed by atoms with Crippen LogP contribution in [0.25, 0.3) is 0 Å². The first-order chi connectivity index (χ1) is 8.68. The van der Waals surface area contributed by atoms with Gasteiger partial charge in [0, 0.05) is 21.6 Å². The summed E-state index contributed by atoms with van der Waals surface area (Å²) in [5, 5.41) is 0. The molecule has 0 fully saturated rings. The van der Waals surface area contributed by atoms with Gasteiger partial charge >= 0.3 is 0 Å². The monoisotopic (exact) mass is 305 g/mol. The third-order valence-corrected chi connectivity index (χ3v) is 3.52. The summed E-state index contributed by atoms with van der Waals surface area (Å²) in [5.74, 6) is 0.850. The third kappa shape index (κ3) is 3.12. The van der Waals surface area contributed by atoms with Gasteiger partial charge in [-0.3, -0.25) is 0 Å². The van der Waals surface area contributed by atoms with Crippen LogP contribution in [0.1, 0.15) is 24.1 Å². The van der Waals surface area contributed by atoms with Crippen LogP contribution in [0.2, 0.25) is 0 Å². The van der Waals surface area contributed by atoms with Gasteiger partial charge in [-0.2, -0.15) is 0 Å². The average Bonchev–Trinajstić information content (AvgIpc) is 2.38. The Morgan fingerprint density at radius 3 is 2.50 bits per heavy atom. The number of hydrogen-bond donors (Lipinski definition) is 1. The first-order valence-electron chi connectivity index (χ1n) is 5.89. The summed E-state index contributed by atoms with van der Waals surface area (Å²) >= 11 is 3.51. The van der Waals surface area contributed by atoms with E-state index >= 15 is 0 Å². The molecule has 2 aromatic carbocycles. The minimum Gasteiger partial charge on any atom is -0.489 e. The normalized spacial score (nSPS) is 12.2. The van der Waals surface area contributed by atoms with Gasteiger partial charge in [0.1, 0.15) is 12.4 Å². The highest BCUT2D eigenvalue weighted by Crippen LogP contribution is 2.25. The SMILES string of the molecule is CC(N)c1ccccc1OCc1ccccc1Br. The molecule has 2 N–H and O–H groups in total. The first kappa shape index (κ1) is 13.1. The van der Waals surface area contributed by atoms with Gasteiger partial charge in [0.15, 0.2) is 0 Å². The van der Waals surface area contributed by atoms with Gasteiger partial charge < -0.3 is 10.5 Å². The summed E-state index contributed by atoms with van der Waals surface area (Å²) < 4.78 is 6.91. The molecule has 1 atom stereocenters. The topological polar surface area (TPSA) is 35.2 Å². The summed E-state index contributed by atoms with van der Waals surface area (Å²) in [6, 6.07) is 15.9. The Bertz CT molecular complexity index is 525. The number of halogens is 1. The van der Waals surface area contributed by atoms with Gasteiger partial charge in [-0.1, -0.05) is 52.3 Å². The van der Waals surface area contributed by atoms with Crippen LogP contribution in [0.4, 0.5) is 0 Å². The van der Waals surface area contributed by atoms with E-state index in [1.165, 1.54) is 0 Å². The van der Waals surface area contributed by atoms with E-state index in [1.807, 2.05) is 55.5 Å². The van der Waals surface area contributed by atoms with Crippen molar-refractivity contribution >= 4 is 15.9 Å². The molecule has 0 saturated carbocycles. The van der Waals surface area contributed by atoms with Crippen LogP contribution < -0.4 is 10.5 Å². The Morgan fingerprint density at radius 2 is 1.78 bits per heavy atom. The van der Waals surface area contributed by atoms with Gasteiger partial charge in [-0.25, -0.2) is 0 Å². The van der Waals surface area contributed by atoms with Gasteiger partial charge in [0.05, 0.1) is 0 Å². The summed E-state index contributed by atoms with van der Waals surface area (Å²) in [7, 11) is 0. The Hall–Kier alpha value is -1.32. The van der Waals surface area contributed by atoms with E-state index in [-0.39, 0.29) is 6.04 Å². The molecule has 2 nitrogen and oxygen atoms in total. The highest BCUT2D eigenvalue weighted by Gasteiger charge is 2.07. The number of ether oxygens (including phenoxy) is 1. The Kier molecular flexibility index (Phi) is 4.39. The van der Waals surface area contributed by atoms with Crippen molar-refractivity contribution in [3.63, 3.8) is 0 Å². The molecule has 0 spiro atoms. The maximum absolute atomic E-state index is 5.92. The molecule has 0 saturated heterocycles. The van der Waals surface area contributed by atoms with E-state index in [4.69, 9.17) is 10.5 Å². The fraction of sp³-hybridized carbons (Fsp3) is 0.200. The van der Waals surface area contributed by atoms with Crippen molar-refractivity contribution in [1.82, 2.24) is 0 Å². The van der Waals surface area contributed by atoms with Crippen molar-refractivity contribution in [1.29, 1.82) is 0 Å². The Labute approximate surface area is 116 Å². The number of rotatable bonds is 4. The van der Waals surface area contributed by atoms with Crippen molar-refractivity contribution in [2.24, 2.45) is 5.73 Å².